The fourth-order valence-corrected chi connectivity index (χ4v) is 3.15. The number of benzene rings is 2. The van der Waals surface area contributed by atoms with Crippen molar-refractivity contribution in [1.82, 2.24) is 4.98 Å². The van der Waals surface area contributed by atoms with E-state index in [0.717, 1.165) is 11.3 Å². The van der Waals surface area contributed by atoms with E-state index in [2.05, 4.69) is 4.98 Å². The van der Waals surface area contributed by atoms with Gasteiger partial charge in [0.1, 0.15) is 28.1 Å². The maximum absolute atomic E-state index is 12.9. The number of rotatable bonds is 7. The Hall–Kier alpha value is -3.06. The minimum Gasteiger partial charge on any atom is -0.486 e. The Morgan fingerprint density at radius 1 is 1.07 bits per heavy atom. The number of ether oxygens (including phenoxy) is 2. The molecular weight excluding hydrogens is 369 g/mol. The van der Waals surface area contributed by atoms with Crippen molar-refractivity contribution in [3.63, 3.8) is 0 Å². The Morgan fingerprint density at radius 3 is 2.48 bits per heavy atom. The number of aromatic nitrogens is 1. The van der Waals surface area contributed by atoms with Gasteiger partial charge in [0, 0.05) is 5.56 Å². The number of halogens is 1. The fourth-order valence-electron chi connectivity index (χ4n) is 2.28. The largest absolute Gasteiger partial charge is 0.486 e. The number of ketones is 1. The van der Waals surface area contributed by atoms with E-state index >= 15 is 0 Å². The molecule has 0 aliphatic rings. The zero-order valence-electron chi connectivity index (χ0n) is 14.5. The number of aryl methyl sites for hydroxylation is 1. The molecule has 1 aromatic heterocycles. The normalized spacial score (nSPS) is 10.4. The van der Waals surface area contributed by atoms with Gasteiger partial charge in [-0.05, 0) is 31.2 Å². The summed E-state index contributed by atoms with van der Waals surface area (Å²) in [5.41, 5.74) is 0.995. The van der Waals surface area contributed by atoms with E-state index in [1.165, 1.54) is 24.3 Å². The highest BCUT2D eigenvalue weighted by molar-refractivity contribution is 7.13. The monoisotopic (exact) mass is 385 g/mol. The molecule has 138 valence electrons. The first kappa shape index (κ1) is 18.7. The number of esters is 1. The van der Waals surface area contributed by atoms with Gasteiger partial charge >= 0.3 is 5.97 Å². The molecule has 0 N–H and O–H groups in total. The fraction of sp³-hybridized carbons (Fsp3) is 0.150. The molecule has 0 radical (unpaired) electrons. The molecule has 0 atom stereocenters. The van der Waals surface area contributed by atoms with Crippen LogP contribution in [0.25, 0.3) is 0 Å². The molecule has 1 heterocycles. The van der Waals surface area contributed by atoms with E-state index in [9.17, 15) is 14.0 Å². The molecule has 0 saturated carbocycles. The van der Waals surface area contributed by atoms with Crippen molar-refractivity contribution in [3.8, 4) is 5.75 Å². The zero-order valence-corrected chi connectivity index (χ0v) is 15.3. The minimum absolute atomic E-state index is 0.146. The molecule has 0 fully saturated rings. The zero-order chi connectivity index (χ0) is 19.2. The molecule has 2 aromatic carbocycles. The van der Waals surface area contributed by atoms with Gasteiger partial charge in [-0.25, -0.2) is 14.2 Å². The number of carbonyl (C=O) groups excluding carboxylic acids is 2. The van der Waals surface area contributed by atoms with Crippen LogP contribution in [0.1, 0.15) is 30.7 Å². The van der Waals surface area contributed by atoms with E-state index in [-0.39, 0.29) is 24.8 Å². The number of hydrogen-bond acceptors (Lipinski definition) is 6. The maximum Gasteiger partial charge on any atom is 0.350 e. The third-order valence-electron chi connectivity index (χ3n) is 3.63. The second kappa shape index (κ2) is 8.55. The van der Waals surface area contributed by atoms with E-state index in [0.29, 0.717) is 26.9 Å². The van der Waals surface area contributed by atoms with Gasteiger partial charge in [0.25, 0.3) is 0 Å². The lowest BCUT2D eigenvalue weighted by Crippen LogP contribution is -2.14. The SMILES string of the molecule is Cc1nc(COc2ccc(F)cc2)sc1C(=O)OCC(=O)c1ccccc1. The van der Waals surface area contributed by atoms with Gasteiger partial charge < -0.3 is 9.47 Å². The minimum atomic E-state index is -0.595. The quantitative estimate of drug-likeness (QED) is 0.450. The molecule has 0 aliphatic carbocycles. The summed E-state index contributed by atoms with van der Waals surface area (Å²) in [6.07, 6.45) is 0. The molecular formula is C20H16FNO4S. The molecule has 0 unspecified atom stereocenters. The van der Waals surface area contributed by atoms with E-state index in [4.69, 9.17) is 9.47 Å². The lowest BCUT2D eigenvalue weighted by atomic mass is 10.1. The van der Waals surface area contributed by atoms with Crippen molar-refractivity contribution >= 4 is 23.1 Å². The maximum atomic E-state index is 12.9. The van der Waals surface area contributed by atoms with Crippen LogP contribution in [0.2, 0.25) is 0 Å². The number of thiazole rings is 1. The van der Waals surface area contributed by atoms with E-state index in [1.807, 2.05) is 0 Å². The first-order valence-corrected chi connectivity index (χ1v) is 8.94. The van der Waals surface area contributed by atoms with Crippen LogP contribution in [0.5, 0.6) is 5.75 Å². The van der Waals surface area contributed by atoms with Crippen LogP contribution in [0.15, 0.2) is 54.6 Å². The van der Waals surface area contributed by atoms with Gasteiger partial charge in [-0.15, -0.1) is 11.3 Å². The van der Waals surface area contributed by atoms with Crippen molar-refractivity contribution in [2.24, 2.45) is 0 Å². The summed E-state index contributed by atoms with van der Waals surface area (Å²) in [6.45, 7) is 1.50. The molecule has 0 spiro atoms. The average molecular weight is 385 g/mol. The van der Waals surface area contributed by atoms with Crippen LogP contribution in [-0.2, 0) is 11.3 Å². The van der Waals surface area contributed by atoms with Crippen LogP contribution in [0.4, 0.5) is 4.39 Å². The molecule has 3 aromatic rings. The highest BCUT2D eigenvalue weighted by atomic mass is 32.1. The van der Waals surface area contributed by atoms with Gasteiger partial charge in [0.15, 0.2) is 12.4 Å². The molecule has 0 amide bonds. The van der Waals surface area contributed by atoms with E-state index in [1.54, 1.807) is 37.3 Å². The Balaban J connectivity index is 1.57. The van der Waals surface area contributed by atoms with Gasteiger partial charge in [-0.3, -0.25) is 4.79 Å². The van der Waals surface area contributed by atoms with Crippen molar-refractivity contribution in [1.29, 1.82) is 0 Å². The summed E-state index contributed by atoms with van der Waals surface area (Å²) >= 11 is 1.14. The summed E-state index contributed by atoms with van der Waals surface area (Å²) in [5.74, 6) is -0.710. The van der Waals surface area contributed by atoms with Gasteiger partial charge in [0.05, 0.1) is 5.69 Å². The third-order valence-corrected chi connectivity index (χ3v) is 4.74. The van der Waals surface area contributed by atoms with Gasteiger partial charge in [0.2, 0.25) is 0 Å². The second-order valence-electron chi connectivity index (χ2n) is 5.63. The number of Topliss-reactive ketones (excluding diaryl/α,β-unsaturated/α-hetero) is 1. The third kappa shape index (κ3) is 4.98. The Bertz CT molecular complexity index is 938. The predicted molar refractivity (Wildman–Crippen MR) is 98.6 cm³/mol. The predicted octanol–water partition coefficient (Wildman–Crippen LogP) is 4.21. The lowest BCUT2D eigenvalue weighted by Gasteiger charge is -2.03. The van der Waals surface area contributed by atoms with Crippen molar-refractivity contribution in [3.05, 3.63) is 81.6 Å². The number of hydrogen-bond donors (Lipinski definition) is 0. The van der Waals surface area contributed by atoms with Gasteiger partial charge in [-0.1, -0.05) is 30.3 Å². The average Bonchev–Trinajstić information content (AvgIpc) is 3.07. The molecule has 5 nitrogen and oxygen atoms in total. The molecule has 27 heavy (non-hydrogen) atoms. The summed E-state index contributed by atoms with van der Waals surface area (Å²) in [6, 6.07) is 14.3. The molecule has 0 aliphatic heterocycles. The molecule has 7 heteroatoms. The molecule has 3 rings (SSSR count). The molecule has 0 bridgehead atoms. The highest BCUT2D eigenvalue weighted by Gasteiger charge is 2.18. The number of carbonyl (C=O) groups is 2. The summed E-state index contributed by atoms with van der Waals surface area (Å²) < 4.78 is 23.5. The smallest absolute Gasteiger partial charge is 0.350 e. The Labute approximate surface area is 159 Å². The van der Waals surface area contributed by atoms with E-state index < -0.39 is 5.97 Å². The van der Waals surface area contributed by atoms with Crippen molar-refractivity contribution in [2.45, 2.75) is 13.5 Å². The van der Waals surface area contributed by atoms with Crippen LogP contribution < -0.4 is 4.74 Å². The van der Waals surface area contributed by atoms with Crippen LogP contribution in [0.3, 0.4) is 0 Å². The molecule has 0 saturated heterocycles. The highest BCUT2D eigenvalue weighted by Crippen LogP contribution is 2.21. The Kier molecular flexibility index (Phi) is 5.93. The summed E-state index contributed by atoms with van der Waals surface area (Å²) in [4.78, 5) is 28.9. The second-order valence-corrected chi connectivity index (χ2v) is 6.71. The summed E-state index contributed by atoms with van der Waals surface area (Å²) in [5, 5.41) is 0.582. The lowest BCUT2D eigenvalue weighted by molar-refractivity contribution is 0.0478. The number of nitrogens with zero attached hydrogens (tertiary/aromatic N) is 1. The van der Waals surface area contributed by atoms with Crippen molar-refractivity contribution < 1.29 is 23.5 Å². The first-order chi connectivity index (χ1) is 13.0. The van der Waals surface area contributed by atoms with Crippen LogP contribution in [0, 0.1) is 12.7 Å². The van der Waals surface area contributed by atoms with Gasteiger partial charge in [-0.2, -0.15) is 0 Å². The topological polar surface area (TPSA) is 65.5 Å². The summed E-state index contributed by atoms with van der Waals surface area (Å²) in [7, 11) is 0. The Morgan fingerprint density at radius 2 is 1.78 bits per heavy atom. The van der Waals surface area contributed by atoms with Crippen molar-refractivity contribution in [2.75, 3.05) is 6.61 Å². The van der Waals surface area contributed by atoms with Crippen LogP contribution >= 0.6 is 11.3 Å². The standard InChI is InChI=1S/C20H16FNO4S/c1-13-19(20(24)26-11-17(23)14-5-3-2-4-6-14)27-18(22-13)12-25-16-9-7-15(21)8-10-16/h2-10H,11-12H2,1H3. The van der Waals surface area contributed by atoms with Crippen LogP contribution in [-0.4, -0.2) is 23.3 Å². The first-order valence-electron chi connectivity index (χ1n) is 8.13.